The summed E-state index contributed by atoms with van der Waals surface area (Å²) in [6.07, 6.45) is 2.58. The Kier molecular flexibility index (Phi) is 5.18. The summed E-state index contributed by atoms with van der Waals surface area (Å²) in [5.41, 5.74) is 2.39. The summed E-state index contributed by atoms with van der Waals surface area (Å²) >= 11 is 0. The molecule has 126 valence electrons. The average molecular weight is 319 g/mol. The monoisotopic (exact) mass is 319 g/mol. The van der Waals surface area contributed by atoms with Gasteiger partial charge in [-0.1, -0.05) is 12.1 Å². The zero-order valence-corrected chi connectivity index (χ0v) is 13.7. The van der Waals surface area contributed by atoms with Crippen molar-refractivity contribution in [1.29, 1.82) is 0 Å². The van der Waals surface area contributed by atoms with E-state index in [2.05, 4.69) is 12.1 Å². The highest BCUT2D eigenvalue weighted by Gasteiger charge is 2.30. The van der Waals surface area contributed by atoms with E-state index in [1.165, 1.54) is 11.1 Å². The number of likely N-dealkylation sites (tertiary alicyclic amines) is 1. The first kappa shape index (κ1) is 16.3. The van der Waals surface area contributed by atoms with E-state index in [0.717, 1.165) is 31.8 Å². The molecule has 2 atom stereocenters. The van der Waals surface area contributed by atoms with Crippen LogP contribution in [-0.4, -0.2) is 55.9 Å². The number of ether oxygens (including phenoxy) is 2. The summed E-state index contributed by atoms with van der Waals surface area (Å²) in [6.45, 7) is 2.81. The minimum atomic E-state index is 0.0218. The normalized spacial score (nSPS) is 24.4. The highest BCUT2D eigenvalue weighted by atomic mass is 16.5. The molecule has 2 fully saturated rings. The van der Waals surface area contributed by atoms with Gasteiger partial charge in [-0.15, -0.1) is 0 Å². The minimum Gasteiger partial charge on any atom is -0.496 e. The van der Waals surface area contributed by atoms with Crippen LogP contribution in [-0.2, 0) is 16.0 Å². The van der Waals surface area contributed by atoms with Gasteiger partial charge in [0.2, 0.25) is 5.91 Å². The molecule has 2 aliphatic rings. The van der Waals surface area contributed by atoms with Crippen LogP contribution >= 0.6 is 0 Å². The highest BCUT2D eigenvalue weighted by molar-refractivity contribution is 5.79. The van der Waals surface area contributed by atoms with E-state index < -0.39 is 0 Å². The molecule has 3 rings (SSSR count). The highest BCUT2D eigenvalue weighted by Crippen LogP contribution is 2.33. The van der Waals surface area contributed by atoms with Gasteiger partial charge in [0.05, 0.1) is 13.7 Å². The van der Waals surface area contributed by atoms with Crippen molar-refractivity contribution in [2.75, 3.05) is 40.0 Å². The second kappa shape index (κ2) is 7.32. The summed E-state index contributed by atoms with van der Waals surface area (Å²) in [6, 6.07) is 6.27. The first-order valence-electron chi connectivity index (χ1n) is 8.34. The lowest BCUT2D eigenvalue weighted by Gasteiger charge is -2.17. The van der Waals surface area contributed by atoms with Gasteiger partial charge >= 0.3 is 0 Å². The van der Waals surface area contributed by atoms with Gasteiger partial charge < -0.3 is 19.5 Å². The molecule has 0 bridgehead atoms. The maximum Gasteiger partial charge on any atom is 0.223 e. The van der Waals surface area contributed by atoms with E-state index in [0.29, 0.717) is 25.4 Å². The van der Waals surface area contributed by atoms with Crippen LogP contribution < -0.4 is 4.74 Å². The first-order chi connectivity index (χ1) is 11.2. The molecule has 2 aliphatic heterocycles. The molecule has 2 heterocycles. The van der Waals surface area contributed by atoms with Crippen LogP contribution in [0.1, 0.15) is 29.9 Å². The molecule has 0 saturated carbocycles. The van der Waals surface area contributed by atoms with Crippen LogP contribution in [0.25, 0.3) is 0 Å². The summed E-state index contributed by atoms with van der Waals surface area (Å²) in [5.74, 6) is 1.80. The number of β-amino-alcohol motifs (C(OH)–C–C–N with tert-alkyl or cyclic N) is 1. The van der Waals surface area contributed by atoms with Crippen molar-refractivity contribution >= 4 is 5.91 Å². The van der Waals surface area contributed by atoms with Crippen molar-refractivity contribution in [1.82, 2.24) is 4.90 Å². The zero-order chi connectivity index (χ0) is 16.2. The van der Waals surface area contributed by atoms with E-state index in [1.54, 1.807) is 12.0 Å². The van der Waals surface area contributed by atoms with Gasteiger partial charge in [-0.25, -0.2) is 0 Å². The number of nitrogens with zero attached hydrogens (tertiary/aromatic N) is 1. The minimum absolute atomic E-state index is 0.0218. The van der Waals surface area contributed by atoms with Crippen LogP contribution in [0.2, 0.25) is 0 Å². The molecule has 1 unspecified atom stereocenters. The third kappa shape index (κ3) is 3.67. The van der Waals surface area contributed by atoms with Crippen molar-refractivity contribution < 1.29 is 19.4 Å². The molecule has 0 radical (unpaired) electrons. The number of amides is 1. The van der Waals surface area contributed by atoms with Crippen LogP contribution in [0.5, 0.6) is 5.75 Å². The molecular weight excluding hydrogens is 294 g/mol. The maximum absolute atomic E-state index is 12.0. The van der Waals surface area contributed by atoms with Gasteiger partial charge in [-0.3, -0.25) is 4.79 Å². The topological polar surface area (TPSA) is 59.0 Å². The molecule has 0 aliphatic carbocycles. The Hall–Kier alpha value is -1.59. The van der Waals surface area contributed by atoms with Gasteiger partial charge in [0.15, 0.2) is 0 Å². The number of carbonyl (C=O) groups excluding carboxylic acids is 1. The van der Waals surface area contributed by atoms with Crippen LogP contribution in [0.4, 0.5) is 0 Å². The van der Waals surface area contributed by atoms with Gasteiger partial charge in [0, 0.05) is 38.6 Å². The predicted molar refractivity (Wildman–Crippen MR) is 86.6 cm³/mol. The van der Waals surface area contributed by atoms with E-state index in [-0.39, 0.29) is 18.4 Å². The average Bonchev–Trinajstić information content (AvgIpc) is 3.18. The number of aliphatic hydroxyl groups is 1. The summed E-state index contributed by atoms with van der Waals surface area (Å²) in [5, 5.41) is 9.05. The fourth-order valence-electron chi connectivity index (χ4n) is 3.60. The molecule has 2 saturated heterocycles. The standard InChI is InChI=1S/C18H25NO4/c1-22-17-3-2-14(9-15(17)8-13-4-7-23-12-13)16-10-18(21)19(11-16)5-6-20/h2-3,9,13,16,20H,4-8,10-12H2,1H3/t13?,16-/m1/s1. The summed E-state index contributed by atoms with van der Waals surface area (Å²) in [7, 11) is 1.70. The second-order valence-electron chi connectivity index (χ2n) is 6.47. The Bertz CT molecular complexity index is 554. The molecule has 23 heavy (non-hydrogen) atoms. The Labute approximate surface area is 137 Å². The number of benzene rings is 1. The lowest BCUT2D eigenvalue weighted by atomic mass is 9.92. The summed E-state index contributed by atoms with van der Waals surface area (Å²) in [4.78, 5) is 13.8. The molecule has 1 amide bonds. The van der Waals surface area contributed by atoms with Crippen LogP contribution in [0.15, 0.2) is 18.2 Å². The number of hydrogen-bond acceptors (Lipinski definition) is 4. The largest absolute Gasteiger partial charge is 0.496 e. The van der Waals surface area contributed by atoms with Gasteiger partial charge in [-0.2, -0.15) is 0 Å². The first-order valence-corrected chi connectivity index (χ1v) is 8.34. The van der Waals surface area contributed by atoms with Crippen LogP contribution in [0.3, 0.4) is 0 Å². The third-order valence-corrected chi connectivity index (χ3v) is 4.89. The molecule has 0 spiro atoms. The Balaban J connectivity index is 1.76. The van der Waals surface area contributed by atoms with Gasteiger partial charge in [0.25, 0.3) is 0 Å². The number of rotatable bonds is 6. The van der Waals surface area contributed by atoms with E-state index >= 15 is 0 Å². The number of aliphatic hydroxyl groups excluding tert-OH is 1. The fourth-order valence-corrected chi connectivity index (χ4v) is 3.60. The Morgan fingerprint density at radius 1 is 1.43 bits per heavy atom. The lowest BCUT2D eigenvalue weighted by Crippen LogP contribution is -2.28. The summed E-state index contributed by atoms with van der Waals surface area (Å²) < 4.78 is 11.0. The predicted octanol–water partition coefficient (Wildman–Crippen LogP) is 1.58. The fraction of sp³-hybridized carbons (Fsp3) is 0.611. The molecular formula is C18H25NO4. The van der Waals surface area contributed by atoms with E-state index in [9.17, 15) is 4.79 Å². The maximum atomic E-state index is 12.0. The molecule has 1 aromatic carbocycles. The van der Waals surface area contributed by atoms with Crippen molar-refractivity contribution in [3.63, 3.8) is 0 Å². The molecule has 1 aromatic rings. The molecule has 0 aromatic heterocycles. The van der Waals surface area contributed by atoms with Crippen molar-refractivity contribution in [2.45, 2.75) is 25.2 Å². The number of hydrogen-bond donors (Lipinski definition) is 1. The third-order valence-electron chi connectivity index (χ3n) is 4.89. The molecule has 5 heteroatoms. The van der Waals surface area contributed by atoms with E-state index in [1.807, 2.05) is 6.07 Å². The zero-order valence-electron chi connectivity index (χ0n) is 13.7. The van der Waals surface area contributed by atoms with Crippen molar-refractivity contribution in [3.05, 3.63) is 29.3 Å². The number of methoxy groups -OCH3 is 1. The lowest BCUT2D eigenvalue weighted by molar-refractivity contribution is -0.128. The van der Waals surface area contributed by atoms with Crippen molar-refractivity contribution in [2.24, 2.45) is 5.92 Å². The Morgan fingerprint density at radius 3 is 3.00 bits per heavy atom. The second-order valence-corrected chi connectivity index (χ2v) is 6.47. The van der Waals surface area contributed by atoms with Crippen LogP contribution in [0, 0.1) is 5.92 Å². The Morgan fingerprint density at radius 2 is 2.30 bits per heavy atom. The van der Waals surface area contributed by atoms with Gasteiger partial charge in [-0.05, 0) is 36.0 Å². The smallest absolute Gasteiger partial charge is 0.223 e. The van der Waals surface area contributed by atoms with E-state index in [4.69, 9.17) is 14.6 Å². The molecule has 1 N–H and O–H groups in total. The van der Waals surface area contributed by atoms with Crippen molar-refractivity contribution in [3.8, 4) is 5.75 Å². The quantitative estimate of drug-likeness (QED) is 0.865. The molecule has 5 nitrogen and oxygen atoms in total. The van der Waals surface area contributed by atoms with Gasteiger partial charge in [0.1, 0.15) is 5.75 Å². The number of carbonyl (C=O) groups is 1. The SMILES string of the molecule is COc1ccc([C@@H]2CC(=O)N(CCO)C2)cc1CC1CCOC1.